The van der Waals surface area contributed by atoms with Gasteiger partial charge in [-0.15, -0.1) is 13.2 Å². The topological polar surface area (TPSA) is 134 Å². The van der Waals surface area contributed by atoms with E-state index in [1.54, 1.807) is 0 Å². The fraction of sp³-hybridized carbons (Fsp3) is 0.200. The fourth-order valence-corrected chi connectivity index (χ4v) is 3.87. The highest BCUT2D eigenvalue weighted by Gasteiger charge is 2.32. The molecule has 0 radical (unpaired) electrons. The Morgan fingerprint density at radius 3 is 2.29 bits per heavy atom. The van der Waals surface area contributed by atoms with E-state index in [0.717, 1.165) is 23.6 Å². The van der Waals surface area contributed by atoms with Crippen molar-refractivity contribution in [2.24, 2.45) is 5.73 Å². The summed E-state index contributed by atoms with van der Waals surface area (Å²) in [6, 6.07) is 5.91. The summed E-state index contributed by atoms with van der Waals surface area (Å²) in [4.78, 5) is 33.7. The molecule has 0 saturated heterocycles. The van der Waals surface area contributed by atoms with Gasteiger partial charge in [0.25, 0.3) is 0 Å². The SMILES string of the molecule is C[C@H](C(N)=O)N(c1ccc(OC(F)(F)F)nc1)c1nc(N)c(C(=O)c2ccc(OC(F)F)cc2)s1. The number of benzene rings is 1. The predicted molar refractivity (Wildman–Crippen MR) is 115 cm³/mol. The van der Waals surface area contributed by atoms with E-state index in [1.807, 2.05) is 0 Å². The number of nitrogens with zero attached hydrogens (tertiary/aromatic N) is 3. The van der Waals surface area contributed by atoms with E-state index in [4.69, 9.17) is 11.5 Å². The third-order valence-electron chi connectivity index (χ3n) is 4.41. The van der Waals surface area contributed by atoms with E-state index >= 15 is 0 Å². The number of carbonyl (C=O) groups excluding carboxylic acids is 2. The first-order valence-electron chi connectivity index (χ1n) is 9.52. The van der Waals surface area contributed by atoms with Gasteiger partial charge in [0.05, 0.1) is 11.9 Å². The summed E-state index contributed by atoms with van der Waals surface area (Å²) in [5.74, 6) is -2.48. The summed E-state index contributed by atoms with van der Waals surface area (Å²) in [6.07, 6.45) is -3.95. The number of pyridine rings is 1. The summed E-state index contributed by atoms with van der Waals surface area (Å²) >= 11 is 0.782. The molecule has 0 aliphatic heterocycles. The van der Waals surface area contributed by atoms with E-state index < -0.39 is 36.6 Å². The molecule has 1 amide bonds. The van der Waals surface area contributed by atoms with Gasteiger partial charge in [-0.3, -0.25) is 9.59 Å². The number of carbonyl (C=O) groups is 2. The molecule has 4 N–H and O–H groups in total. The van der Waals surface area contributed by atoms with Crippen molar-refractivity contribution in [3.8, 4) is 11.6 Å². The van der Waals surface area contributed by atoms with Gasteiger partial charge in [-0.1, -0.05) is 11.3 Å². The third kappa shape index (κ3) is 6.32. The zero-order chi connectivity index (χ0) is 25.9. The largest absolute Gasteiger partial charge is 0.574 e. The van der Waals surface area contributed by atoms with Crippen molar-refractivity contribution >= 4 is 39.7 Å². The van der Waals surface area contributed by atoms with Crippen LogP contribution in [0.3, 0.4) is 0 Å². The highest BCUT2D eigenvalue weighted by molar-refractivity contribution is 7.18. The van der Waals surface area contributed by atoms with Gasteiger partial charge in [0, 0.05) is 11.6 Å². The maximum atomic E-state index is 12.9. The first-order valence-corrected chi connectivity index (χ1v) is 10.3. The monoisotopic (exact) mass is 517 g/mol. The molecular weight excluding hydrogens is 501 g/mol. The molecule has 0 fully saturated rings. The van der Waals surface area contributed by atoms with Gasteiger partial charge in [0.2, 0.25) is 17.6 Å². The molecule has 0 unspecified atom stereocenters. The molecular formula is C20H16F5N5O4S. The molecule has 0 aliphatic carbocycles. The number of primary amides is 1. The fourth-order valence-electron chi connectivity index (χ4n) is 2.83. The average molecular weight is 517 g/mol. The molecule has 35 heavy (non-hydrogen) atoms. The van der Waals surface area contributed by atoms with Crippen LogP contribution in [0.4, 0.5) is 38.6 Å². The third-order valence-corrected chi connectivity index (χ3v) is 5.48. The van der Waals surface area contributed by atoms with Gasteiger partial charge in [-0.25, -0.2) is 9.97 Å². The number of hydrogen-bond acceptors (Lipinski definition) is 9. The minimum Gasteiger partial charge on any atom is -0.435 e. The van der Waals surface area contributed by atoms with E-state index in [1.165, 1.54) is 42.2 Å². The van der Waals surface area contributed by atoms with Crippen LogP contribution >= 0.6 is 11.3 Å². The molecule has 0 saturated carbocycles. The maximum Gasteiger partial charge on any atom is 0.574 e. The number of nitrogens with two attached hydrogens (primary N) is 2. The van der Waals surface area contributed by atoms with Gasteiger partial charge < -0.3 is 25.8 Å². The number of aromatic nitrogens is 2. The maximum absolute atomic E-state index is 12.9. The normalized spacial score (nSPS) is 12.3. The highest BCUT2D eigenvalue weighted by Crippen LogP contribution is 2.36. The van der Waals surface area contributed by atoms with Gasteiger partial charge in [0.15, 0.2) is 5.13 Å². The Labute approximate surface area is 198 Å². The lowest BCUT2D eigenvalue weighted by Gasteiger charge is -2.26. The molecule has 2 aromatic heterocycles. The lowest BCUT2D eigenvalue weighted by Crippen LogP contribution is -2.40. The van der Waals surface area contributed by atoms with Crippen LogP contribution in [-0.2, 0) is 4.79 Å². The Hall–Kier alpha value is -4.01. The first-order chi connectivity index (χ1) is 16.4. The van der Waals surface area contributed by atoms with Gasteiger partial charge in [-0.2, -0.15) is 8.78 Å². The van der Waals surface area contributed by atoms with Crippen LogP contribution in [0.1, 0.15) is 22.2 Å². The van der Waals surface area contributed by atoms with E-state index in [0.29, 0.717) is 0 Å². The zero-order valence-electron chi connectivity index (χ0n) is 17.6. The van der Waals surface area contributed by atoms with Crippen molar-refractivity contribution in [2.45, 2.75) is 25.9 Å². The quantitative estimate of drug-likeness (QED) is 0.323. The number of ketones is 1. The lowest BCUT2D eigenvalue weighted by atomic mass is 10.1. The standard InChI is InChI=1S/C20H16F5N5O4S/c1-9(17(27)32)30(11-4-7-13(28-8-11)34-20(23,24)25)19-29-16(26)15(35-19)14(31)10-2-5-12(6-3-10)33-18(21)22/h2-9,18H,26H2,1H3,(H2,27,32)/t9-/m1/s1. The molecule has 15 heteroatoms. The summed E-state index contributed by atoms with van der Waals surface area (Å²) in [5, 5.41) is 0.0288. The Kier molecular flexibility index (Phi) is 7.38. The number of nitrogen functional groups attached to an aromatic ring is 1. The van der Waals surface area contributed by atoms with Crippen molar-refractivity contribution in [3.05, 3.63) is 53.0 Å². The molecule has 9 nitrogen and oxygen atoms in total. The van der Waals surface area contributed by atoms with Crippen molar-refractivity contribution in [1.82, 2.24) is 9.97 Å². The summed E-state index contributed by atoms with van der Waals surface area (Å²) in [6.45, 7) is -1.62. The second kappa shape index (κ2) is 10.1. The number of thiazole rings is 1. The summed E-state index contributed by atoms with van der Waals surface area (Å²) < 4.78 is 69.9. The minimum absolute atomic E-state index is 0.0288. The number of halogens is 5. The second-order valence-corrected chi connectivity index (χ2v) is 7.77. The van der Waals surface area contributed by atoms with Crippen LogP contribution in [-0.4, -0.2) is 40.7 Å². The summed E-state index contributed by atoms with van der Waals surface area (Å²) in [5.41, 5.74) is 11.5. The molecule has 1 aromatic carbocycles. The molecule has 0 spiro atoms. The van der Waals surface area contributed by atoms with Gasteiger partial charge in [0.1, 0.15) is 22.5 Å². The highest BCUT2D eigenvalue weighted by atomic mass is 32.1. The first kappa shape index (κ1) is 25.6. The average Bonchev–Trinajstić information content (AvgIpc) is 3.14. The molecule has 2 heterocycles. The van der Waals surface area contributed by atoms with Gasteiger partial charge in [-0.05, 0) is 37.3 Å². The van der Waals surface area contributed by atoms with Crippen molar-refractivity contribution < 1.29 is 41.0 Å². The Morgan fingerprint density at radius 2 is 1.77 bits per heavy atom. The molecule has 3 aromatic rings. The van der Waals surface area contributed by atoms with Crippen molar-refractivity contribution in [3.63, 3.8) is 0 Å². The van der Waals surface area contributed by atoms with Crippen LogP contribution in [0.25, 0.3) is 0 Å². The summed E-state index contributed by atoms with van der Waals surface area (Å²) in [7, 11) is 0. The smallest absolute Gasteiger partial charge is 0.435 e. The van der Waals surface area contributed by atoms with Crippen LogP contribution in [0.5, 0.6) is 11.6 Å². The molecule has 3 rings (SSSR count). The number of rotatable bonds is 9. The van der Waals surface area contributed by atoms with E-state index in [2.05, 4.69) is 19.4 Å². The predicted octanol–water partition coefficient (Wildman–Crippen LogP) is 3.86. The number of ether oxygens (including phenoxy) is 2. The van der Waals surface area contributed by atoms with Crippen LogP contribution in [0.2, 0.25) is 0 Å². The minimum atomic E-state index is -4.95. The molecule has 186 valence electrons. The molecule has 0 aliphatic rings. The number of amides is 1. The molecule has 1 atom stereocenters. The Balaban J connectivity index is 1.93. The van der Waals surface area contributed by atoms with E-state index in [-0.39, 0.29) is 32.8 Å². The van der Waals surface area contributed by atoms with Gasteiger partial charge >= 0.3 is 13.0 Å². The number of hydrogen-bond donors (Lipinski definition) is 2. The van der Waals surface area contributed by atoms with Crippen LogP contribution in [0.15, 0.2) is 42.6 Å². The molecule has 0 bridgehead atoms. The lowest BCUT2D eigenvalue weighted by molar-refractivity contribution is -0.276. The zero-order valence-corrected chi connectivity index (χ0v) is 18.4. The van der Waals surface area contributed by atoms with E-state index in [9.17, 15) is 31.5 Å². The van der Waals surface area contributed by atoms with Crippen molar-refractivity contribution in [1.29, 1.82) is 0 Å². The number of anilines is 3. The Morgan fingerprint density at radius 1 is 1.11 bits per heavy atom. The Bertz CT molecular complexity index is 1200. The second-order valence-electron chi connectivity index (χ2n) is 6.79. The van der Waals surface area contributed by atoms with Crippen LogP contribution < -0.4 is 25.8 Å². The number of alkyl halides is 5. The van der Waals surface area contributed by atoms with Crippen molar-refractivity contribution in [2.75, 3.05) is 10.6 Å². The van der Waals surface area contributed by atoms with Crippen LogP contribution in [0, 0.1) is 0 Å².